The van der Waals surface area contributed by atoms with Gasteiger partial charge in [-0.15, -0.1) is 11.3 Å². The summed E-state index contributed by atoms with van der Waals surface area (Å²) in [5.41, 5.74) is 1.27. The maximum atomic E-state index is 12.7. The van der Waals surface area contributed by atoms with Crippen LogP contribution >= 0.6 is 11.3 Å². The zero-order valence-electron chi connectivity index (χ0n) is 17.2. The van der Waals surface area contributed by atoms with Gasteiger partial charge in [-0.2, -0.15) is 0 Å². The van der Waals surface area contributed by atoms with Crippen LogP contribution in [-0.2, 0) is 9.47 Å². The topological polar surface area (TPSA) is 73.9 Å². The first-order valence-corrected chi connectivity index (χ1v) is 10.0. The molecule has 0 saturated heterocycles. The van der Waals surface area contributed by atoms with Gasteiger partial charge in [0.1, 0.15) is 21.9 Å². The summed E-state index contributed by atoms with van der Waals surface area (Å²) in [6, 6.07) is 7.48. The fourth-order valence-electron chi connectivity index (χ4n) is 2.66. The van der Waals surface area contributed by atoms with Crippen molar-refractivity contribution >= 4 is 28.4 Å². The third-order valence-electron chi connectivity index (χ3n) is 3.63. The van der Waals surface area contributed by atoms with E-state index < -0.39 is 17.7 Å². The first kappa shape index (κ1) is 21.8. The zero-order chi connectivity index (χ0) is 20.9. The summed E-state index contributed by atoms with van der Waals surface area (Å²) in [6.45, 7) is 11.7. The number of nitrogens with one attached hydrogen (secondary N) is 1. The van der Waals surface area contributed by atoms with E-state index in [2.05, 4.69) is 5.32 Å². The van der Waals surface area contributed by atoms with Gasteiger partial charge in [0.05, 0.1) is 13.2 Å². The van der Waals surface area contributed by atoms with Crippen LogP contribution in [0.1, 0.15) is 49.9 Å². The quantitative estimate of drug-likeness (QED) is 0.629. The molecule has 0 radical (unpaired) electrons. The molecule has 0 saturated carbocycles. The van der Waals surface area contributed by atoms with Crippen molar-refractivity contribution in [2.75, 3.05) is 18.5 Å². The smallest absolute Gasteiger partial charge is 0.412 e. The van der Waals surface area contributed by atoms with Gasteiger partial charge in [0.15, 0.2) is 0 Å². The second-order valence-electron chi connectivity index (χ2n) is 7.04. The number of amides is 1. The van der Waals surface area contributed by atoms with Crippen molar-refractivity contribution in [2.24, 2.45) is 0 Å². The van der Waals surface area contributed by atoms with E-state index in [1.165, 1.54) is 11.3 Å². The lowest BCUT2D eigenvalue weighted by atomic mass is 10.0. The Morgan fingerprint density at radius 3 is 2.25 bits per heavy atom. The highest BCUT2D eigenvalue weighted by atomic mass is 32.1. The van der Waals surface area contributed by atoms with Crippen LogP contribution < -0.4 is 10.1 Å². The standard InChI is InChI=1S/C21H27NO5S/c1-7-25-15-11-9-14(10-12-15)16-13(3)28-18(17(16)19(23)26-8-2)22-20(24)27-21(4,5)6/h9-12H,7-8H2,1-6H3,(H,22,24). The minimum Gasteiger partial charge on any atom is -0.494 e. The van der Waals surface area contributed by atoms with E-state index in [0.29, 0.717) is 17.2 Å². The summed E-state index contributed by atoms with van der Waals surface area (Å²) in [6.07, 6.45) is -0.613. The predicted molar refractivity (Wildman–Crippen MR) is 111 cm³/mol. The molecule has 0 aliphatic heterocycles. The van der Waals surface area contributed by atoms with Crippen LogP contribution in [0.15, 0.2) is 24.3 Å². The Morgan fingerprint density at radius 1 is 1.07 bits per heavy atom. The van der Waals surface area contributed by atoms with E-state index in [4.69, 9.17) is 14.2 Å². The Balaban J connectivity index is 2.46. The highest BCUT2D eigenvalue weighted by Crippen LogP contribution is 2.41. The summed E-state index contributed by atoms with van der Waals surface area (Å²) in [7, 11) is 0. The van der Waals surface area contributed by atoms with Crippen molar-refractivity contribution in [3.8, 4) is 16.9 Å². The highest BCUT2D eigenvalue weighted by molar-refractivity contribution is 7.17. The minimum absolute atomic E-state index is 0.238. The van der Waals surface area contributed by atoms with Gasteiger partial charge < -0.3 is 14.2 Å². The van der Waals surface area contributed by atoms with Crippen molar-refractivity contribution in [1.29, 1.82) is 0 Å². The molecule has 0 spiro atoms. The van der Waals surface area contributed by atoms with E-state index in [1.54, 1.807) is 27.7 Å². The SMILES string of the molecule is CCOC(=O)c1c(NC(=O)OC(C)(C)C)sc(C)c1-c1ccc(OCC)cc1. The molecule has 1 N–H and O–H groups in total. The summed E-state index contributed by atoms with van der Waals surface area (Å²) in [5, 5.41) is 3.11. The van der Waals surface area contributed by atoms with Crippen molar-refractivity contribution in [1.82, 2.24) is 0 Å². The van der Waals surface area contributed by atoms with Gasteiger partial charge >= 0.3 is 12.1 Å². The lowest BCUT2D eigenvalue weighted by Crippen LogP contribution is -2.27. The first-order chi connectivity index (χ1) is 13.2. The molecule has 0 atom stereocenters. The summed E-state index contributed by atoms with van der Waals surface area (Å²) in [4.78, 5) is 25.8. The molecule has 0 aliphatic rings. The van der Waals surface area contributed by atoms with Crippen molar-refractivity contribution in [3.63, 3.8) is 0 Å². The van der Waals surface area contributed by atoms with Crippen LogP contribution in [0.5, 0.6) is 5.75 Å². The first-order valence-electron chi connectivity index (χ1n) is 9.20. The molecule has 1 aromatic heterocycles. The van der Waals surface area contributed by atoms with E-state index in [-0.39, 0.29) is 6.61 Å². The number of rotatable bonds is 6. The number of aryl methyl sites for hydroxylation is 1. The number of anilines is 1. The summed E-state index contributed by atoms with van der Waals surface area (Å²) >= 11 is 1.31. The van der Waals surface area contributed by atoms with Crippen molar-refractivity contribution < 1.29 is 23.8 Å². The lowest BCUT2D eigenvalue weighted by molar-refractivity contribution is 0.0529. The molecule has 7 heteroatoms. The van der Waals surface area contributed by atoms with Crippen molar-refractivity contribution in [3.05, 3.63) is 34.7 Å². The molecule has 0 fully saturated rings. The van der Waals surface area contributed by atoms with Crippen LogP contribution in [0, 0.1) is 6.92 Å². The van der Waals surface area contributed by atoms with Gasteiger partial charge in [-0.25, -0.2) is 9.59 Å². The van der Waals surface area contributed by atoms with Crippen LogP contribution in [-0.4, -0.2) is 30.9 Å². The van der Waals surface area contributed by atoms with E-state index in [0.717, 1.165) is 21.8 Å². The van der Waals surface area contributed by atoms with Gasteiger partial charge in [0.25, 0.3) is 0 Å². The van der Waals surface area contributed by atoms with Gasteiger partial charge in [-0.3, -0.25) is 5.32 Å². The molecule has 152 valence electrons. The number of hydrogen-bond acceptors (Lipinski definition) is 6. The lowest BCUT2D eigenvalue weighted by Gasteiger charge is -2.19. The normalized spacial score (nSPS) is 11.1. The van der Waals surface area contributed by atoms with Gasteiger partial charge in [0.2, 0.25) is 0 Å². The number of carbonyl (C=O) groups excluding carboxylic acids is 2. The zero-order valence-corrected chi connectivity index (χ0v) is 18.0. The predicted octanol–water partition coefficient (Wildman–Crippen LogP) is 5.65. The summed E-state index contributed by atoms with van der Waals surface area (Å²) in [5.74, 6) is 0.269. The molecule has 0 unspecified atom stereocenters. The third-order valence-corrected chi connectivity index (χ3v) is 4.65. The number of thiophene rings is 1. The van der Waals surface area contributed by atoms with Crippen molar-refractivity contribution in [2.45, 2.75) is 47.1 Å². The maximum Gasteiger partial charge on any atom is 0.412 e. The molecule has 1 heterocycles. The van der Waals surface area contributed by atoms with Crippen LogP contribution in [0.4, 0.5) is 9.80 Å². The molecule has 0 bridgehead atoms. The molecule has 0 aliphatic carbocycles. The Morgan fingerprint density at radius 2 is 1.71 bits per heavy atom. The average molecular weight is 406 g/mol. The monoisotopic (exact) mass is 405 g/mol. The Hall–Kier alpha value is -2.54. The molecular weight excluding hydrogens is 378 g/mol. The second kappa shape index (κ2) is 9.10. The van der Waals surface area contributed by atoms with E-state index in [9.17, 15) is 9.59 Å². The van der Waals surface area contributed by atoms with Crippen LogP contribution in [0.25, 0.3) is 11.1 Å². The number of hydrogen-bond donors (Lipinski definition) is 1. The molecule has 1 amide bonds. The number of benzene rings is 1. The number of esters is 1. The minimum atomic E-state index is -0.640. The van der Waals surface area contributed by atoms with Gasteiger partial charge in [-0.1, -0.05) is 12.1 Å². The van der Waals surface area contributed by atoms with Gasteiger partial charge in [-0.05, 0) is 59.2 Å². The van der Waals surface area contributed by atoms with Gasteiger partial charge in [0, 0.05) is 10.4 Å². The van der Waals surface area contributed by atoms with E-state index >= 15 is 0 Å². The Kier molecular flexibility index (Phi) is 7.07. The molecular formula is C21H27NO5S. The fourth-order valence-corrected chi connectivity index (χ4v) is 3.71. The van der Waals surface area contributed by atoms with Crippen LogP contribution in [0.3, 0.4) is 0 Å². The second-order valence-corrected chi connectivity index (χ2v) is 8.27. The summed E-state index contributed by atoms with van der Waals surface area (Å²) < 4.78 is 16.0. The number of ether oxygens (including phenoxy) is 3. The Bertz CT molecular complexity index is 834. The third kappa shape index (κ3) is 5.48. The molecule has 6 nitrogen and oxygen atoms in total. The Labute approximate surface area is 169 Å². The number of carbonyl (C=O) groups is 2. The molecule has 28 heavy (non-hydrogen) atoms. The van der Waals surface area contributed by atoms with Crippen LogP contribution in [0.2, 0.25) is 0 Å². The molecule has 2 rings (SSSR count). The molecule has 1 aromatic carbocycles. The maximum absolute atomic E-state index is 12.7. The molecule has 2 aromatic rings. The highest BCUT2D eigenvalue weighted by Gasteiger charge is 2.27. The van der Waals surface area contributed by atoms with E-state index in [1.807, 2.05) is 38.1 Å². The average Bonchev–Trinajstić information content (AvgIpc) is 2.90. The largest absolute Gasteiger partial charge is 0.494 e. The fraction of sp³-hybridized carbons (Fsp3) is 0.429.